The maximum absolute atomic E-state index is 13.0. The molecule has 0 bridgehead atoms. The van der Waals surface area contributed by atoms with Crippen molar-refractivity contribution in [1.82, 2.24) is 4.98 Å². The molecule has 31 heavy (non-hydrogen) atoms. The number of hydrogen-bond acceptors (Lipinski definition) is 7. The van der Waals surface area contributed by atoms with Crippen molar-refractivity contribution in [3.05, 3.63) is 36.0 Å². The molecule has 0 aliphatic heterocycles. The molecule has 1 aromatic heterocycles. The third-order valence-corrected chi connectivity index (χ3v) is 7.08. The van der Waals surface area contributed by atoms with E-state index in [4.69, 9.17) is 5.11 Å². The van der Waals surface area contributed by atoms with Gasteiger partial charge in [0.2, 0.25) is 17.7 Å². The number of thioether (sulfide) groups is 1. The number of imide groups is 1. The Balaban J connectivity index is 1.72. The Labute approximate surface area is 188 Å². The summed E-state index contributed by atoms with van der Waals surface area (Å²) in [6.07, 6.45) is 4.41. The second-order valence-electron chi connectivity index (χ2n) is 7.14. The van der Waals surface area contributed by atoms with Gasteiger partial charge >= 0.3 is 5.97 Å². The average Bonchev–Trinajstić information content (AvgIpc) is 3.38. The average molecular weight is 462 g/mol. The van der Waals surface area contributed by atoms with Gasteiger partial charge in [0.05, 0.1) is 22.0 Å². The van der Waals surface area contributed by atoms with E-state index in [0.717, 1.165) is 41.9 Å². The molecule has 10 heteroatoms. The molecule has 8 nitrogen and oxygen atoms in total. The van der Waals surface area contributed by atoms with Crippen LogP contribution in [-0.2, 0) is 25.6 Å². The van der Waals surface area contributed by atoms with Gasteiger partial charge in [-0.3, -0.25) is 19.2 Å². The third kappa shape index (κ3) is 5.92. The minimum absolute atomic E-state index is 0.214. The van der Waals surface area contributed by atoms with E-state index in [2.05, 4.69) is 10.3 Å². The van der Waals surface area contributed by atoms with Gasteiger partial charge < -0.3 is 10.4 Å². The Bertz CT molecular complexity index is 971. The molecule has 0 radical (unpaired) electrons. The van der Waals surface area contributed by atoms with Crippen LogP contribution >= 0.6 is 23.1 Å². The van der Waals surface area contributed by atoms with E-state index < -0.39 is 24.2 Å². The fourth-order valence-corrected chi connectivity index (χ4v) is 5.17. The van der Waals surface area contributed by atoms with Crippen molar-refractivity contribution in [3.8, 4) is 0 Å². The number of carbonyl (C=O) groups excluding carboxylic acids is 3. The van der Waals surface area contributed by atoms with Crippen molar-refractivity contribution in [1.29, 1.82) is 0 Å². The predicted molar refractivity (Wildman–Crippen MR) is 119 cm³/mol. The summed E-state index contributed by atoms with van der Waals surface area (Å²) in [5.74, 6) is -2.71. The van der Waals surface area contributed by atoms with Crippen molar-refractivity contribution < 1.29 is 24.3 Å². The first kappa shape index (κ1) is 23.0. The summed E-state index contributed by atoms with van der Waals surface area (Å²) in [6.45, 7) is 0. The first-order chi connectivity index (χ1) is 14.9. The fourth-order valence-electron chi connectivity index (χ4n) is 3.51. The zero-order valence-corrected chi connectivity index (χ0v) is 18.6. The van der Waals surface area contributed by atoms with Crippen molar-refractivity contribution in [2.45, 2.75) is 42.7 Å². The molecule has 1 heterocycles. The Morgan fingerprint density at radius 3 is 2.48 bits per heavy atom. The van der Waals surface area contributed by atoms with E-state index in [1.165, 1.54) is 11.8 Å². The number of aromatic nitrogens is 1. The molecule has 3 amide bonds. The number of anilines is 2. The van der Waals surface area contributed by atoms with Crippen LogP contribution in [0, 0.1) is 5.92 Å². The van der Waals surface area contributed by atoms with Crippen LogP contribution in [0.2, 0.25) is 0 Å². The number of carboxylic acid groups (broad SMARTS) is 1. The van der Waals surface area contributed by atoms with Crippen LogP contribution in [0.4, 0.5) is 10.8 Å². The lowest BCUT2D eigenvalue weighted by Crippen LogP contribution is -2.41. The van der Waals surface area contributed by atoms with Gasteiger partial charge in [-0.05, 0) is 31.2 Å². The van der Waals surface area contributed by atoms with Gasteiger partial charge in [-0.15, -0.1) is 11.8 Å². The maximum atomic E-state index is 13.0. The number of thiazole rings is 1. The predicted octanol–water partition coefficient (Wildman–Crippen LogP) is 3.57. The quantitative estimate of drug-likeness (QED) is 0.456. The summed E-state index contributed by atoms with van der Waals surface area (Å²) in [7, 11) is 0. The minimum Gasteiger partial charge on any atom is -0.481 e. The monoisotopic (exact) mass is 461 g/mol. The number of aliphatic carboxylic acids is 1. The van der Waals surface area contributed by atoms with Crippen molar-refractivity contribution in [2.24, 2.45) is 5.92 Å². The minimum atomic E-state index is -1.02. The summed E-state index contributed by atoms with van der Waals surface area (Å²) < 4.78 is 0.686. The Morgan fingerprint density at radius 1 is 1.19 bits per heavy atom. The van der Waals surface area contributed by atoms with Gasteiger partial charge in [0.1, 0.15) is 6.42 Å². The highest BCUT2D eigenvalue weighted by molar-refractivity contribution is 8.00. The lowest BCUT2D eigenvalue weighted by Gasteiger charge is -2.23. The number of para-hydroxylation sites is 1. The van der Waals surface area contributed by atoms with Crippen LogP contribution in [0.1, 0.15) is 37.8 Å². The van der Waals surface area contributed by atoms with E-state index in [1.807, 2.05) is 0 Å². The van der Waals surface area contributed by atoms with Crippen LogP contribution in [-0.4, -0.2) is 40.0 Å². The van der Waals surface area contributed by atoms with Crippen molar-refractivity contribution in [3.63, 3.8) is 0 Å². The number of amides is 3. The summed E-state index contributed by atoms with van der Waals surface area (Å²) in [4.78, 5) is 54.7. The second kappa shape index (κ2) is 10.5. The fraction of sp³-hybridized carbons (Fsp3) is 0.381. The van der Waals surface area contributed by atoms with E-state index in [-0.39, 0.29) is 23.4 Å². The van der Waals surface area contributed by atoms with Gasteiger partial charge in [-0.1, -0.05) is 42.4 Å². The van der Waals surface area contributed by atoms with Gasteiger partial charge in [0.25, 0.3) is 0 Å². The molecule has 1 aliphatic carbocycles. The van der Waals surface area contributed by atoms with Gasteiger partial charge in [-0.25, -0.2) is 9.88 Å². The molecule has 3 rings (SSSR count). The molecule has 0 saturated heterocycles. The number of carbonyl (C=O) groups is 4. The van der Waals surface area contributed by atoms with Gasteiger partial charge in [0, 0.05) is 5.92 Å². The molecule has 2 N–H and O–H groups in total. The smallest absolute Gasteiger partial charge is 0.309 e. The van der Waals surface area contributed by atoms with Crippen LogP contribution < -0.4 is 10.2 Å². The Hall–Kier alpha value is -2.72. The molecule has 1 aromatic carbocycles. The summed E-state index contributed by atoms with van der Waals surface area (Å²) in [5.41, 5.74) is 0.814. The number of hydrogen-bond donors (Lipinski definition) is 2. The second-order valence-corrected chi connectivity index (χ2v) is 9.21. The van der Waals surface area contributed by atoms with E-state index >= 15 is 0 Å². The van der Waals surface area contributed by atoms with E-state index in [9.17, 15) is 19.2 Å². The molecular weight excluding hydrogens is 438 g/mol. The van der Waals surface area contributed by atoms with E-state index in [0.29, 0.717) is 15.6 Å². The third-order valence-electron chi connectivity index (χ3n) is 4.91. The lowest BCUT2D eigenvalue weighted by molar-refractivity contribution is -0.136. The maximum Gasteiger partial charge on any atom is 0.309 e. The van der Waals surface area contributed by atoms with Crippen LogP contribution in [0.25, 0.3) is 0 Å². The number of carboxylic acids is 1. The summed E-state index contributed by atoms with van der Waals surface area (Å²) >= 11 is 2.49. The summed E-state index contributed by atoms with van der Waals surface area (Å²) in [5, 5.41) is 11.8. The Morgan fingerprint density at radius 2 is 1.87 bits per heavy atom. The molecule has 1 aliphatic rings. The van der Waals surface area contributed by atoms with Crippen molar-refractivity contribution in [2.75, 3.05) is 16.5 Å². The van der Waals surface area contributed by atoms with Crippen LogP contribution in [0.15, 0.2) is 34.5 Å². The number of nitrogens with zero attached hydrogens (tertiary/aromatic N) is 2. The molecule has 0 atom stereocenters. The molecule has 0 spiro atoms. The molecule has 2 aromatic rings. The first-order valence-electron chi connectivity index (χ1n) is 9.86. The van der Waals surface area contributed by atoms with Crippen LogP contribution in [0.5, 0.6) is 0 Å². The topological polar surface area (TPSA) is 117 Å². The highest BCUT2D eigenvalue weighted by Gasteiger charge is 2.32. The van der Waals surface area contributed by atoms with Gasteiger partial charge in [-0.2, -0.15) is 0 Å². The summed E-state index contributed by atoms with van der Waals surface area (Å²) in [6, 6.07) is 8.61. The van der Waals surface area contributed by atoms with E-state index in [1.54, 1.807) is 36.6 Å². The first-order valence-corrected chi connectivity index (χ1v) is 11.9. The zero-order valence-electron chi connectivity index (χ0n) is 17.0. The van der Waals surface area contributed by atoms with Gasteiger partial charge in [0.15, 0.2) is 5.13 Å². The number of nitrogens with one attached hydrogen (secondary N) is 1. The molecule has 0 unspecified atom stereocenters. The molecule has 1 saturated carbocycles. The zero-order chi connectivity index (χ0) is 22.4. The molecule has 164 valence electrons. The number of rotatable bonds is 8. The standard InChI is InChI=1S/C21H23N3O5S2/c1-30-20-15(11-18(27)28)22-21(31-20)23-16(25)12-17(26)24(14-9-3-2-4-10-14)19(29)13-7-5-6-8-13/h2-4,9-10,13H,5-8,11-12H2,1H3,(H,27,28)(H,22,23,25). The van der Waals surface area contributed by atoms with Crippen molar-refractivity contribution >= 4 is 57.6 Å². The highest BCUT2D eigenvalue weighted by Crippen LogP contribution is 2.32. The lowest BCUT2D eigenvalue weighted by atomic mass is 10.1. The molecule has 1 fully saturated rings. The SMILES string of the molecule is CSc1sc(NC(=O)CC(=O)N(C(=O)C2CCCC2)c2ccccc2)nc1CC(=O)O. The number of benzene rings is 1. The highest BCUT2D eigenvalue weighted by atomic mass is 32.2. The molecular formula is C21H23N3O5S2. The Kier molecular flexibility index (Phi) is 7.80. The van der Waals surface area contributed by atoms with Crippen LogP contribution in [0.3, 0.4) is 0 Å². The normalized spacial score (nSPS) is 13.7. The largest absolute Gasteiger partial charge is 0.481 e.